The number of thiazole rings is 1. The third kappa shape index (κ3) is 6.52. The fourth-order valence-corrected chi connectivity index (χ4v) is 5.02. The molecule has 0 aliphatic heterocycles. The molecule has 40 heavy (non-hydrogen) atoms. The van der Waals surface area contributed by atoms with Crippen LogP contribution in [0.25, 0.3) is 10.2 Å². The highest BCUT2D eigenvalue weighted by molar-refractivity contribution is 7.22. The molecule has 8 nitrogen and oxygen atoms in total. The molecule has 0 aliphatic carbocycles. The van der Waals surface area contributed by atoms with Crippen molar-refractivity contribution in [1.82, 2.24) is 10.3 Å². The van der Waals surface area contributed by atoms with Crippen LogP contribution < -0.4 is 21.3 Å². The molecular formula is C28H28F3N5O3S. The number of nitrogens with two attached hydrogens (primary N) is 1. The number of aromatic nitrogens is 1. The van der Waals surface area contributed by atoms with Crippen LogP contribution in [0, 0.1) is 0 Å². The first-order chi connectivity index (χ1) is 19.0. The molecule has 0 bridgehead atoms. The van der Waals surface area contributed by atoms with Crippen molar-refractivity contribution >= 4 is 49.9 Å². The van der Waals surface area contributed by atoms with Gasteiger partial charge in [-0.15, -0.1) is 0 Å². The Kier molecular flexibility index (Phi) is 8.60. The van der Waals surface area contributed by atoms with Crippen molar-refractivity contribution in [2.24, 2.45) is 0 Å². The summed E-state index contributed by atoms with van der Waals surface area (Å²) in [6.07, 6.45) is -6.41. The average molecular weight is 572 g/mol. The Morgan fingerprint density at radius 3 is 2.27 bits per heavy atom. The van der Waals surface area contributed by atoms with E-state index in [1.807, 2.05) is 13.8 Å². The lowest BCUT2D eigenvalue weighted by Gasteiger charge is -2.25. The maximum absolute atomic E-state index is 13.1. The number of aliphatic hydroxyl groups is 1. The third-order valence-electron chi connectivity index (χ3n) is 6.40. The predicted molar refractivity (Wildman–Crippen MR) is 150 cm³/mol. The minimum atomic E-state index is -4.57. The van der Waals surface area contributed by atoms with Crippen molar-refractivity contribution in [2.75, 3.05) is 29.0 Å². The van der Waals surface area contributed by atoms with Crippen molar-refractivity contribution < 1.29 is 27.9 Å². The molecule has 4 aromatic rings. The van der Waals surface area contributed by atoms with Crippen molar-refractivity contribution in [3.63, 3.8) is 0 Å². The molecule has 0 saturated heterocycles. The van der Waals surface area contributed by atoms with Gasteiger partial charge in [0, 0.05) is 30.0 Å². The molecule has 210 valence electrons. The van der Waals surface area contributed by atoms with E-state index >= 15 is 0 Å². The van der Waals surface area contributed by atoms with Crippen LogP contribution in [-0.2, 0) is 11.0 Å². The first kappa shape index (κ1) is 28.8. The number of alkyl halides is 3. The number of nitrogens with one attached hydrogen (secondary N) is 2. The quantitative estimate of drug-likeness (QED) is 0.219. The van der Waals surface area contributed by atoms with Crippen LogP contribution in [0.2, 0.25) is 0 Å². The molecule has 1 heterocycles. The molecule has 2 atom stereocenters. The van der Waals surface area contributed by atoms with Gasteiger partial charge in [-0.25, -0.2) is 4.98 Å². The summed E-state index contributed by atoms with van der Waals surface area (Å²) < 4.78 is 40.1. The molecule has 2 unspecified atom stereocenters. The van der Waals surface area contributed by atoms with E-state index in [-0.39, 0.29) is 11.1 Å². The van der Waals surface area contributed by atoms with Gasteiger partial charge in [0.25, 0.3) is 11.8 Å². The Labute approximate surface area is 232 Å². The summed E-state index contributed by atoms with van der Waals surface area (Å²) in [7, 11) is 0. The van der Waals surface area contributed by atoms with E-state index in [4.69, 9.17) is 5.73 Å². The second kappa shape index (κ2) is 11.9. The van der Waals surface area contributed by atoms with Crippen molar-refractivity contribution in [1.29, 1.82) is 0 Å². The molecule has 2 amide bonds. The first-order valence-corrected chi connectivity index (χ1v) is 13.3. The number of benzene rings is 3. The minimum absolute atomic E-state index is 0.120. The largest absolute Gasteiger partial charge is 0.416 e. The maximum Gasteiger partial charge on any atom is 0.416 e. The third-order valence-corrected chi connectivity index (χ3v) is 7.25. The van der Waals surface area contributed by atoms with Gasteiger partial charge in [0.1, 0.15) is 0 Å². The highest BCUT2D eigenvalue weighted by Gasteiger charge is 2.33. The van der Waals surface area contributed by atoms with Crippen LogP contribution in [0.4, 0.5) is 29.7 Å². The molecule has 0 spiro atoms. The summed E-state index contributed by atoms with van der Waals surface area (Å²) in [6, 6.07) is 14.2. The maximum atomic E-state index is 13.1. The number of carbonyl (C=O) groups is 2. The number of anilines is 3. The lowest BCUT2D eigenvalue weighted by molar-refractivity contribution is -0.137. The molecule has 0 aliphatic rings. The zero-order valence-corrected chi connectivity index (χ0v) is 22.5. The first-order valence-electron chi connectivity index (χ1n) is 12.5. The van der Waals surface area contributed by atoms with Crippen molar-refractivity contribution in [2.45, 2.75) is 32.2 Å². The summed E-state index contributed by atoms with van der Waals surface area (Å²) in [5.41, 5.74) is 7.12. The number of hydrogen-bond donors (Lipinski definition) is 4. The summed E-state index contributed by atoms with van der Waals surface area (Å²) in [5.74, 6) is -1.47. The van der Waals surface area contributed by atoms with Crippen molar-refractivity contribution in [3.8, 4) is 0 Å². The van der Waals surface area contributed by atoms with Crippen molar-refractivity contribution in [3.05, 3.63) is 83.4 Å². The number of nitrogens with zero attached hydrogens (tertiary/aromatic N) is 2. The van der Waals surface area contributed by atoms with Crippen LogP contribution in [0.1, 0.15) is 41.4 Å². The van der Waals surface area contributed by atoms with E-state index < -0.39 is 35.7 Å². The molecule has 0 radical (unpaired) electrons. The lowest BCUT2D eigenvalue weighted by Crippen LogP contribution is -2.42. The predicted octanol–water partition coefficient (Wildman–Crippen LogP) is 5.21. The fraction of sp³-hybridized carbons (Fsp3) is 0.250. The van der Waals surface area contributed by atoms with Gasteiger partial charge in [0.05, 0.1) is 21.8 Å². The number of aliphatic hydroxyl groups excluding tert-OH is 1. The normalized spacial score (nSPS) is 13.1. The van der Waals surface area contributed by atoms with Gasteiger partial charge < -0.3 is 26.4 Å². The molecule has 3 aromatic carbocycles. The molecule has 4 rings (SSSR count). The number of hydrogen-bond acceptors (Lipinski definition) is 7. The van der Waals surface area contributed by atoms with Crippen LogP contribution >= 0.6 is 11.3 Å². The number of nitrogen functional groups attached to an aromatic ring is 1. The zero-order valence-electron chi connectivity index (χ0n) is 21.7. The fourth-order valence-electron chi connectivity index (χ4n) is 4.25. The van der Waals surface area contributed by atoms with Gasteiger partial charge in [0.15, 0.2) is 11.2 Å². The Morgan fingerprint density at radius 2 is 1.68 bits per heavy atom. The highest BCUT2D eigenvalue weighted by Crippen LogP contribution is 2.31. The minimum Gasteiger partial charge on any atom is -0.381 e. The van der Waals surface area contributed by atoms with Crippen LogP contribution in [0.5, 0.6) is 0 Å². The van der Waals surface area contributed by atoms with Crippen LogP contribution in [-0.4, -0.2) is 41.1 Å². The zero-order chi connectivity index (χ0) is 29.0. The molecule has 0 saturated carbocycles. The summed E-state index contributed by atoms with van der Waals surface area (Å²) >= 11 is 1.22. The van der Waals surface area contributed by atoms with Crippen LogP contribution in [0.3, 0.4) is 0 Å². The number of fused-ring (bicyclic) bond motifs is 1. The van der Waals surface area contributed by atoms with Crippen LogP contribution in [0.15, 0.2) is 66.7 Å². The molecule has 5 N–H and O–H groups in total. The molecular weight excluding hydrogens is 543 g/mol. The van der Waals surface area contributed by atoms with E-state index in [9.17, 15) is 27.9 Å². The number of amides is 2. The average Bonchev–Trinajstić information content (AvgIpc) is 3.31. The smallest absolute Gasteiger partial charge is 0.381 e. The van der Waals surface area contributed by atoms with Gasteiger partial charge in [-0.05, 0) is 74.0 Å². The van der Waals surface area contributed by atoms with E-state index in [2.05, 4.69) is 20.5 Å². The molecule has 12 heteroatoms. The molecule has 1 aromatic heterocycles. The second-order valence-electron chi connectivity index (χ2n) is 8.96. The highest BCUT2D eigenvalue weighted by atomic mass is 32.1. The lowest BCUT2D eigenvalue weighted by atomic mass is 9.98. The summed E-state index contributed by atoms with van der Waals surface area (Å²) in [6.45, 7) is 5.58. The monoisotopic (exact) mass is 571 g/mol. The summed E-state index contributed by atoms with van der Waals surface area (Å²) in [4.78, 5) is 32.5. The second-order valence-corrected chi connectivity index (χ2v) is 10.0. The van der Waals surface area contributed by atoms with E-state index in [1.165, 1.54) is 11.3 Å². The van der Waals surface area contributed by atoms with Gasteiger partial charge in [-0.3, -0.25) is 9.59 Å². The van der Waals surface area contributed by atoms with E-state index in [0.717, 1.165) is 43.0 Å². The number of halogens is 3. The van der Waals surface area contributed by atoms with Gasteiger partial charge in [-0.1, -0.05) is 23.5 Å². The number of rotatable bonds is 9. The van der Waals surface area contributed by atoms with E-state index in [0.29, 0.717) is 21.0 Å². The Balaban J connectivity index is 1.59. The Morgan fingerprint density at radius 1 is 1.02 bits per heavy atom. The van der Waals surface area contributed by atoms with E-state index in [1.54, 1.807) is 42.5 Å². The SMILES string of the molecule is CCN(CC)c1ccc(C(=O)NC(c2ccc(C(F)(F)F)cc2)C(O)C(=O)Nc2ccc3nc(N)sc3c2)cc1. The Hall–Kier alpha value is -4.16. The standard InChI is InChI=1S/C28H28F3N5O3S/c1-3-36(4-2)20-12-7-17(8-13-20)25(38)35-23(16-5-9-18(10-6-16)28(29,30)31)24(37)26(39)33-19-11-14-21-22(15-19)40-27(32)34-21/h5-15,23-24,37H,3-4H2,1-2H3,(H2,32,34)(H,33,39)(H,35,38). The Bertz CT molecular complexity index is 1490. The number of carbonyl (C=O) groups excluding carboxylic acids is 2. The summed E-state index contributed by atoms with van der Waals surface area (Å²) in [5, 5.41) is 16.6. The molecule has 0 fully saturated rings. The van der Waals surface area contributed by atoms with Gasteiger partial charge in [-0.2, -0.15) is 13.2 Å². The van der Waals surface area contributed by atoms with Gasteiger partial charge >= 0.3 is 6.18 Å². The van der Waals surface area contributed by atoms with Gasteiger partial charge in [0.2, 0.25) is 0 Å². The topological polar surface area (TPSA) is 121 Å².